The van der Waals surface area contributed by atoms with Gasteiger partial charge >= 0.3 is 0 Å². The van der Waals surface area contributed by atoms with Crippen LogP contribution in [0.5, 0.6) is 0 Å². The number of hydrogen-bond donors (Lipinski definition) is 0. The van der Waals surface area contributed by atoms with Gasteiger partial charge in [0.25, 0.3) is 0 Å². The van der Waals surface area contributed by atoms with E-state index in [1.807, 2.05) is 12.1 Å². The lowest BCUT2D eigenvalue weighted by Crippen LogP contribution is -2.13. The van der Waals surface area contributed by atoms with Gasteiger partial charge in [0.15, 0.2) is 0 Å². The third-order valence-corrected chi connectivity index (χ3v) is 4.30. The van der Waals surface area contributed by atoms with Crippen LogP contribution in [0.25, 0.3) is 0 Å². The van der Waals surface area contributed by atoms with E-state index in [1.165, 1.54) is 50.5 Å². The Morgan fingerprint density at radius 3 is 2.67 bits per heavy atom. The maximum Gasteiger partial charge on any atom is 0.0991 e. The van der Waals surface area contributed by atoms with Crippen LogP contribution in [0.1, 0.15) is 68.9 Å². The molecule has 1 aromatic carbocycles. The van der Waals surface area contributed by atoms with E-state index < -0.39 is 0 Å². The minimum Gasteiger partial charge on any atom is -0.192 e. The summed E-state index contributed by atoms with van der Waals surface area (Å²) in [4.78, 5) is 0. The molecule has 0 spiro atoms. The molecule has 1 fully saturated rings. The normalized spacial score (nSPS) is 23.6. The zero-order chi connectivity index (χ0) is 12.8. The highest BCUT2D eigenvalue weighted by Gasteiger charge is 2.21. The smallest absolute Gasteiger partial charge is 0.0991 e. The number of benzene rings is 1. The van der Waals surface area contributed by atoms with E-state index in [1.54, 1.807) is 0 Å². The van der Waals surface area contributed by atoms with Crippen LogP contribution in [0.3, 0.4) is 0 Å². The van der Waals surface area contributed by atoms with Crippen molar-refractivity contribution >= 4 is 0 Å². The number of nitriles is 1. The average molecular weight is 241 g/mol. The summed E-state index contributed by atoms with van der Waals surface area (Å²) >= 11 is 0. The average Bonchev–Trinajstić information content (AvgIpc) is 2.46. The van der Waals surface area contributed by atoms with Crippen molar-refractivity contribution in [3.63, 3.8) is 0 Å². The van der Waals surface area contributed by atoms with Gasteiger partial charge < -0.3 is 0 Å². The number of unbranched alkanes of at least 4 members (excludes halogenated alkanes) is 1. The Labute approximate surface area is 111 Å². The third kappa shape index (κ3) is 3.35. The van der Waals surface area contributed by atoms with Gasteiger partial charge in [0.2, 0.25) is 0 Å². The first-order chi connectivity index (χ1) is 8.83. The Hall–Kier alpha value is -1.29. The maximum atomic E-state index is 8.95. The predicted octanol–water partition coefficient (Wildman–Crippen LogP) is 5.02. The van der Waals surface area contributed by atoms with Crippen molar-refractivity contribution in [3.05, 3.63) is 35.4 Å². The quantitative estimate of drug-likeness (QED) is 0.726. The van der Waals surface area contributed by atoms with Gasteiger partial charge in [-0.3, -0.25) is 0 Å². The minimum atomic E-state index is 0.691. The highest BCUT2D eigenvalue weighted by atomic mass is 14.3. The fourth-order valence-electron chi connectivity index (χ4n) is 3.14. The fourth-order valence-corrected chi connectivity index (χ4v) is 3.14. The van der Waals surface area contributed by atoms with E-state index in [0.717, 1.165) is 11.5 Å². The summed E-state index contributed by atoms with van der Waals surface area (Å²) in [5.74, 6) is 1.65. The van der Waals surface area contributed by atoms with E-state index in [4.69, 9.17) is 5.26 Å². The van der Waals surface area contributed by atoms with Gasteiger partial charge in [0, 0.05) is 0 Å². The Kier molecular flexibility index (Phi) is 4.81. The minimum absolute atomic E-state index is 0.691. The first kappa shape index (κ1) is 13.1. The van der Waals surface area contributed by atoms with Gasteiger partial charge in [-0.2, -0.15) is 5.26 Å². The number of hydrogen-bond acceptors (Lipinski definition) is 1. The summed E-state index contributed by atoms with van der Waals surface area (Å²) in [6.45, 7) is 2.28. The molecule has 1 heteroatoms. The Bertz CT molecular complexity index is 408. The summed E-state index contributed by atoms with van der Waals surface area (Å²) < 4.78 is 0. The molecule has 1 nitrogen and oxygen atoms in total. The van der Waals surface area contributed by atoms with Crippen molar-refractivity contribution in [2.75, 3.05) is 0 Å². The Morgan fingerprint density at radius 2 is 2.00 bits per heavy atom. The second-order valence-corrected chi connectivity index (χ2v) is 5.60. The monoisotopic (exact) mass is 241 g/mol. The fraction of sp³-hybridized carbons (Fsp3) is 0.588. The number of nitrogens with zero attached hydrogens (tertiary/aromatic N) is 1. The summed E-state index contributed by atoms with van der Waals surface area (Å²) in [6.07, 6.45) is 9.50. The van der Waals surface area contributed by atoms with Gasteiger partial charge in [0.05, 0.1) is 11.6 Å². The van der Waals surface area contributed by atoms with Crippen molar-refractivity contribution in [1.29, 1.82) is 5.26 Å². The zero-order valence-corrected chi connectivity index (χ0v) is 11.4. The second kappa shape index (κ2) is 6.59. The van der Waals surface area contributed by atoms with Gasteiger partial charge in [-0.1, -0.05) is 38.3 Å². The van der Waals surface area contributed by atoms with Crippen LogP contribution in [0, 0.1) is 17.2 Å². The summed E-state index contributed by atoms with van der Waals surface area (Å²) in [7, 11) is 0. The maximum absolute atomic E-state index is 8.95. The molecular weight excluding hydrogens is 218 g/mol. The van der Waals surface area contributed by atoms with E-state index >= 15 is 0 Å². The second-order valence-electron chi connectivity index (χ2n) is 5.60. The van der Waals surface area contributed by atoms with Gasteiger partial charge in [-0.25, -0.2) is 0 Å². The topological polar surface area (TPSA) is 23.8 Å². The first-order valence-electron chi connectivity index (χ1n) is 7.33. The Morgan fingerprint density at radius 1 is 1.22 bits per heavy atom. The summed E-state index contributed by atoms with van der Waals surface area (Å²) in [5.41, 5.74) is 2.18. The highest BCUT2D eigenvalue weighted by molar-refractivity contribution is 5.34. The molecule has 0 N–H and O–H groups in total. The molecule has 0 bridgehead atoms. The molecule has 0 amide bonds. The molecule has 1 aliphatic carbocycles. The van der Waals surface area contributed by atoms with Gasteiger partial charge in [-0.05, 0) is 55.2 Å². The molecule has 0 unspecified atom stereocenters. The lowest BCUT2D eigenvalue weighted by Gasteiger charge is -2.28. The molecular formula is C17H23N. The van der Waals surface area contributed by atoms with Crippen LogP contribution >= 0.6 is 0 Å². The predicted molar refractivity (Wildman–Crippen MR) is 75.4 cm³/mol. The van der Waals surface area contributed by atoms with Crippen molar-refractivity contribution in [2.24, 2.45) is 5.92 Å². The summed E-state index contributed by atoms with van der Waals surface area (Å²) in [6, 6.07) is 10.4. The van der Waals surface area contributed by atoms with Crippen LogP contribution in [-0.4, -0.2) is 0 Å². The summed E-state index contributed by atoms with van der Waals surface area (Å²) in [5, 5.41) is 8.95. The molecule has 1 aliphatic rings. The van der Waals surface area contributed by atoms with Gasteiger partial charge in [-0.15, -0.1) is 0 Å². The van der Waals surface area contributed by atoms with Crippen LogP contribution < -0.4 is 0 Å². The van der Waals surface area contributed by atoms with Crippen molar-refractivity contribution < 1.29 is 0 Å². The lowest BCUT2D eigenvalue weighted by atomic mass is 9.77. The van der Waals surface area contributed by atoms with E-state index in [0.29, 0.717) is 5.92 Å². The van der Waals surface area contributed by atoms with E-state index in [2.05, 4.69) is 25.1 Å². The SMILES string of the molecule is CCCCC1CCC(c2cccc(C#N)c2)CC1. The molecule has 0 aromatic heterocycles. The van der Waals surface area contributed by atoms with Crippen molar-refractivity contribution in [2.45, 2.75) is 57.8 Å². The van der Waals surface area contributed by atoms with Crippen LogP contribution in [0.2, 0.25) is 0 Å². The lowest BCUT2D eigenvalue weighted by molar-refractivity contribution is 0.304. The van der Waals surface area contributed by atoms with Crippen molar-refractivity contribution in [3.8, 4) is 6.07 Å². The zero-order valence-electron chi connectivity index (χ0n) is 11.4. The standard InChI is InChI=1S/C17H23N/c1-2-3-5-14-8-10-16(11-9-14)17-7-4-6-15(12-17)13-18/h4,6-7,12,14,16H,2-3,5,8-11H2,1H3. The molecule has 0 atom stereocenters. The molecule has 0 heterocycles. The third-order valence-electron chi connectivity index (χ3n) is 4.30. The first-order valence-corrected chi connectivity index (χ1v) is 7.33. The van der Waals surface area contributed by atoms with E-state index in [9.17, 15) is 0 Å². The number of rotatable bonds is 4. The van der Waals surface area contributed by atoms with Gasteiger partial charge in [0.1, 0.15) is 0 Å². The molecule has 2 rings (SSSR count). The Balaban J connectivity index is 1.91. The molecule has 0 aliphatic heterocycles. The molecule has 18 heavy (non-hydrogen) atoms. The van der Waals surface area contributed by atoms with Crippen LogP contribution in [0.4, 0.5) is 0 Å². The van der Waals surface area contributed by atoms with Crippen LogP contribution in [0.15, 0.2) is 24.3 Å². The van der Waals surface area contributed by atoms with E-state index in [-0.39, 0.29) is 0 Å². The largest absolute Gasteiger partial charge is 0.192 e. The molecule has 96 valence electrons. The molecule has 1 saturated carbocycles. The highest BCUT2D eigenvalue weighted by Crippen LogP contribution is 2.37. The van der Waals surface area contributed by atoms with Crippen LogP contribution in [-0.2, 0) is 0 Å². The molecule has 0 radical (unpaired) electrons. The molecule has 0 saturated heterocycles. The van der Waals surface area contributed by atoms with Crippen molar-refractivity contribution in [1.82, 2.24) is 0 Å². The molecule has 1 aromatic rings.